The first kappa shape index (κ1) is 25.8. The van der Waals surface area contributed by atoms with Crippen LogP contribution in [0.5, 0.6) is 11.6 Å². The zero-order chi connectivity index (χ0) is 24.7. The summed E-state index contributed by atoms with van der Waals surface area (Å²) in [6.45, 7) is 10.3. The van der Waals surface area contributed by atoms with Crippen molar-refractivity contribution >= 4 is 0 Å². The molecule has 0 aliphatic carbocycles. The van der Waals surface area contributed by atoms with Crippen LogP contribution < -0.4 is 4.74 Å². The Morgan fingerprint density at radius 3 is 2.47 bits per heavy atom. The summed E-state index contributed by atoms with van der Waals surface area (Å²) >= 11 is 0. The van der Waals surface area contributed by atoms with Crippen LogP contribution in [0.3, 0.4) is 0 Å². The lowest BCUT2D eigenvalue weighted by atomic mass is 10.1. The van der Waals surface area contributed by atoms with E-state index in [4.69, 9.17) is 9.47 Å². The van der Waals surface area contributed by atoms with Gasteiger partial charge in [-0.25, -0.2) is 13.5 Å². The van der Waals surface area contributed by atoms with Gasteiger partial charge >= 0.3 is 0 Å². The summed E-state index contributed by atoms with van der Waals surface area (Å²) in [5.41, 5.74) is 2.23. The van der Waals surface area contributed by atoms with Crippen LogP contribution in [0.2, 0.25) is 0 Å². The molecule has 0 saturated heterocycles. The number of aromatic nitrogens is 2. The van der Waals surface area contributed by atoms with E-state index in [1.165, 1.54) is 6.07 Å². The minimum absolute atomic E-state index is 0.0912. The first-order valence-electron chi connectivity index (χ1n) is 11.5. The van der Waals surface area contributed by atoms with Crippen molar-refractivity contribution in [3.63, 3.8) is 0 Å². The quantitative estimate of drug-likeness (QED) is 0.396. The molecule has 0 amide bonds. The van der Waals surface area contributed by atoms with Gasteiger partial charge in [0.1, 0.15) is 5.82 Å². The van der Waals surface area contributed by atoms with Crippen molar-refractivity contribution in [2.24, 2.45) is 5.92 Å². The number of aryl methyl sites for hydroxylation is 1. The monoisotopic (exact) mass is 473 g/mol. The molecule has 184 valence electrons. The van der Waals surface area contributed by atoms with Gasteiger partial charge in [0.25, 0.3) is 0 Å². The number of ether oxygens (including phenoxy) is 2. The molecule has 0 unspecified atom stereocenters. The number of hydrogen-bond donors (Lipinski definition) is 1. The van der Waals surface area contributed by atoms with Gasteiger partial charge in [-0.15, -0.1) is 0 Å². The van der Waals surface area contributed by atoms with E-state index in [0.29, 0.717) is 31.5 Å². The van der Waals surface area contributed by atoms with E-state index in [1.807, 2.05) is 44.2 Å². The van der Waals surface area contributed by atoms with Gasteiger partial charge in [-0.05, 0) is 44.0 Å². The number of aliphatic hydroxyl groups is 1. The molecule has 1 aromatic heterocycles. The lowest BCUT2D eigenvalue weighted by molar-refractivity contribution is 0.0173. The highest BCUT2D eigenvalue weighted by Gasteiger charge is 2.24. The van der Waals surface area contributed by atoms with E-state index < -0.39 is 17.7 Å². The molecule has 0 aliphatic heterocycles. The molecule has 0 saturated carbocycles. The molecule has 0 fully saturated rings. The highest BCUT2D eigenvalue weighted by Crippen LogP contribution is 2.33. The van der Waals surface area contributed by atoms with E-state index in [-0.39, 0.29) is 12.4 Å². The van der Waals surface area contributed by atoms with Crippen LogP contribution in [0.15, 0.2) is 48.5 Å². The maximum Gasteiger partial charge on any atom is 0.227 e. The van der Waals surface area contributed by atoms with Crippen molar-refractivity contribution in [2.75, 3.05) is 26.3 Å². The van der Waals surface area contributed by atoms with Gasteiger partial charge in [-0.3, -0.25) is 4.90 Å². The summed E-state index contributed by atoms with van der Waals surface area (Å²) < 4.78 is 41.0. The number of aliphatic hydroxyl groups excluding tert-OH is 1. The number of para-hydroxylation sites is 1. The van der Waals surface area contributed by atoms with Gasteiger partial charge in [0.05, 0.1) is 29.7 Å². The van der Waals surface area contributed by atoms with Crippen LogP contribution in [-0.4, -0.2) is 52.2 Å². The molecule has 3 aromatic rings. The number of halogens is 2. The van der Waals surface area contributed by atoms with Crippen molar-refractivity contribution < 1.29 is 23.4 Å². The van der Waals surface area contributed by atoms with Crippen LogP contribution in [0, 0.1) is 24.5 Å². The highest BCUT2D eigenvalue weighted by atomic mass is 19.1. The summed E-state index contributed by atoms with van der Waals surface area (Å²) in [6.07, 6.45) is -0.651. The third kappa shape index (κ3) is 6.85. The molecule has 0 spiro atoms. The minimum atomic E-state index is -0.796. The lowest BCUT2D eigenvalue weighted by Gasteiger charge is -2.27. The summed E-state index contributed by atoms with van der Waals surface area (Å²) in [4.78, 5) is 2.11. The molecule has 34 heavy (non-hydrogen) atoms. The molecule has 0 radical (unpaired) electrons. The van der Waals surface area contributed by atoms with Crippen molar-refractivity contribution in [1.29, 1.82) is 0 Å². The Balaban J connectivity index is 1.99. The Labute approximate surface area is 199 Å². The van der Waals surface area contributed by atoms with Crippen LogP contribution in [0.1, 0.15) is 32.0 Å². The Morgan fingerprint density at radius 2 is 1.82 bits per heavy atom. The van der Waals surface area contributed by atoms with Gasteiger partial charge in [0, 0.05) is 32.3 Å². The first-order valence-corrected chi connectivity index (χ1v) is 11.5. The van der Waals surface area contributed by atoms with Crippen LogP contribution >= 0.6 is 0 Å². The van der Waals surface area contributed by atoms with Gasteiger partial charge in [0.2, 0.25) is 5.88 Å². The lowest BCUT2D eigenvalue weighted by Crippen LogP contribution is -2.37. The Bertz CT molecular complexity index is 1060. The molecule has 1 heterocycles. The van der Waals surface area contributed by atoms with Crippen LogP contribution in [-0.2, 0) is 11.3 Å². The first-order chi connectivity index (χ1) is 16.3. The second kappa shape index (κ2) is 12.1. The average Bonchev–Trinajstić information content (AvgIpc) is 3.09. The summed E-state index contributed by atoms with van der Waals surface area (Å²) in [5, 5.41) is 15.1. The van der Waals surface area contributed by atoms with Crippen molar-refractivity contribution in [2.45, 2.75) is 40.3 Å². The maximum absolute atomic E-state index is 14.5. The van der Waals surface area contributed by atoms with E-state index in [2.05, 4.69) is 23.8 Å². The number of hydrogen-bond acceptors (Lipinski definition) is 5. The number of nitrogens with zero attached hydrogens (tertiary/aromatic N) is 3. The predicted octanol–water partition coefficient (Wildman–Crippen LogP) is 5.11. The Kier molecular flexibility index (Phi) is 9.15. The largest absolute Gasteiger partial charge is 0.435 e. The van der Waals surface area contributed by atoms with Gasteiger partial charge in [-0.1, -0.05) is 32.0 Å². The summed E-state index contributed by atoms with van der Waals surface area (Å²) in [7, 11) is 0. The molecule has 3 rings (SSSR count). The third-order valence-corrected chi connectivity index (χ3v) is 5.23. The Hall–Kier alpha value is -2.81. The fraction of sp³-hybridized carbons (Fsp3) is 0.423. The zero-order valence-electron chi connectivity index (χ0n) is 20.2. The predicted molar refractivity (Wildman–Crippen MR) is 127 cm³/mol. The molecule has 6 nitrogen and oxygen atoms in total. The summed E-state index contributed by atoms with van der Waals surface area (Å²) in [5.74, 6) is -0.865. The Morgan fingerprint density at radius 1 is 1.09 bits per heavy atom. The number of benzene rings is 2. The minimum Gasteiger partial charge on any atom is -0.435 e. The van der Waals surface area contributed by atoms with E-state index >= 15 is 0 Å². The zero-order valence-corrected chi connectivity index (χ0v) is 20.2. The molecule has 1 N–H and O–H groups in total. The van der Waals surface area contributed by atoms with Crippen molar-refractivity contribution in [3.05, 3.63) is 71.4 Å². The van der Waals surface area contributed by atoms with E-state index in [1.54, 1.807) is 4.68 Å². The fourth-order valence-corrected chi connectivity index (χ4v) is 3.78. The maximum atomic E-state index is 14.5. The fourth-order valence-electron chi connectivity index (χ4n) is 3.78. The second-order valence-corrected chi connectivity index (χ2v) is 8.69. The second-order valence-electron chi connectivity index (χ2n) is 8.69. The molecule has 0 aliphatic rings. The molecule has 8 heteroatoms. The van der Waals surface area contributed by atoms with Gasteiger partial charge in [-0.2, -0.15) is 5.10 Å². The van der Waals surface area contributed by atoms with Gasteiger partial charge in [0.15, 0.2) is 11.6 Å². The molecule has 1 atom stereocenters. The third-order valence-electron chi connectivity index (χ3n) is 5.23. The molecular weight excluding hydrogens is 440 g/mol. The normalized spacial score (nSPS) is 12.5. The molecule has 2 aromatic carbocycles. The molecular formula is C26H33F2N3O3. The van der Waals surface area contributed by atoms with E-state index in [9.17, 15) is 13.9 Å². The van der Waals surface area contributed by atoms with Gasteiger partial charge < -0.3 is 14.6 Å². The SMILES string of the molecule is CCOC[C@@H](O)CN(Cc1c(C)nn(-c2ccccc2)c1Oc1ccc(F)cc1F)CC(C)C. The highest BCUT2D eigenvalue weighted by molar-refractivity contribution is 5.43. The van der Waals surface area contributed by atoms with Crippen molar-refractivity contribution in [1.82, 2.24) is 14.7 Å². The smallest absolute Gasteiger partial charge is 0.227 e. The van der Waals surface area contributed by atoms with Crippen LogP contribution in [0.4, 0.5) is 8.78 Å². The summed E-state index contributed by atoms with van der Waals surface area (Å²) in [6, 6.07) is 12.6. The molecule has 0 bridgehead atoms. The van der Waals surface area contributed by atoms with Crippen molar-refractivity contribution in [3.8, 4) is 17.3 Å². The topological polar surface area (TPSA) is 59.8 Å². The van der Waals surface area contributed by atoms with E-state index in [0.717, 1.165) is 35.6 Å². The van der Waals surface area contributed by atoms with Crippen LogP contribution in [0.25, 0.3) is 5.69 Å². The number of rotatable bonds is 12. The average molecular weight is 474 g/mol. The standard InChI is InChI=1S/C26H33F2N3O3/c1-5-33-17-22(32)15-30(14-18(2)3)16-23-19(4)29-31(21-9-7-6-8-10-21)26(23)34-25-12-11-20(27)13-24(25)28/h6-13,18,22,32H,5,14-17H2,1-4H3/t22-/m0/s1.